The normalized spacial score (nSPS) is 15.3. The van der Waals surface area contributed by atoms with Gasteiger partial charge in [0.1, 0.15) is 4.90 Å². The van der Waals surface area contributed by atoms with Crippen LogP contribution in [0.15, 0.2) is 58.6 Å². The molecule has 0 N–H and O–H groups in total. The maximum atomic E-state index is 12.9. The number of carbonyl (C=O) groups excluding carboxylic acids is 1. The molecule has 1 aromatic carbocycles. The fraction of sp³-hybridized carbons (Fsp3) is 0.478. The lowest BCUT2D eigenvalue weighted by Crippen LogP contribution is -2.34. The third kappa shape index (κ3) is 7.03. The molecule has 7 nitrogen and oxygen atoms in total. The van der Waals surface area contributed by atoms with Gasteiger partial charge in [-0.1, -0.05) is 54.9 Å². The first-order chi connectivity index (χ1) is 15.5. The van der Waals surface area contributed by atoms with Crippen LogP contribution in [-0.2, 0) is 26.1 Å². The van der Waals surface area contributed by atoms with Crippen molar-refractivity contribution in [3.05, 3.63) is 54.2 Å². The number of nitrogens with zero attached hydrogens (tertiary/aromatic N) is 3. The third-order valence-electron chi connectivity index (χ3n) is 5.39. The summed E-state index contributed by atoms with van der Waals surface area (Å²) in [6.07, 6.45) is 5.33. The highest BCUT2D eigenvalue weighted by Crippen LogP contribution is 2.22. The van der Waals surface area contributed by atoms with Gasteiger partial charge in [0.05, 0.1) is 17.4 Å². The van der Waals surface area contributed by atoms with Gasteiger partial charge in [-0.3, -0.25) is 4.79 Å². The highest BCUT2D eigenvalue weighted by Gasteiger charge is 2.25. The van der Waals surface area contributed by atoms with E-state index in [9.17, 15) is 13.2 Å². The number of hydrogen-bond donors (Lipinski definition) is 0. The summed E-state index contributed by atoms with van der Waals surface area (Å²) >= 11 is 1.31. The highest BCUT2D eigenvalue weighted by molar-refractivity contribution is 7.99. The van der Waals surface area contributed by atoms with E-state index in [4.69, 9.17) is 4.74 Å². The lowest BCUT2D eigenvalue weighted by Gasteiger charge is -2.22. The molecule has 0 spiro atoms. The number of ether oxygens (including phenoxy) is 1. The molecule has 0 radical (unpaired) electrons. The molecular formula is C23H31N3O4S2. The zero-order chi connectivity index (χ0) is 22.8. The zero-order valence-electron chi connectivity index (χ0n) is 18.5. The first-order valence-corrected chi connectivity index (χ1v) is 13.3. The number of carbonyl (C=O) groups is 1. The SMILES string of the molecule is COCCN(Cc1ccccc1)C(=O)CSc1ccc(S(=O)(=O)N2CCCCCC2)cn1. The van der Waals surface area contributed by atoms with Crippen molar-refractivity contribution in [2.45, 2.75) is 42.1 Å². The third-order valence-corrected chi connectivity index (χ3v) is 8.20. The van der Waals surface area contributed by atoms with Crippen LogP contribution < -0.4 is 0 Å². The summed E-state index contributed by atoms with van der Waals surface area (Å²) in [5, 5.41) is 0.625. The Morgan fingerprint density at radius 3 is 2.44 bits per heavy atom. The minimum Gasteiger partial charge on any atom is -0.383 e. The molecule has 32 heavy (non-hydrogen) atoms. The molecule has 0 atom stereocenters. The van der Waals surface area contributed by atoms with Gasteiger partial charge >= 0.3 is 0 Å². The first-order valence-electron chi connectivity index (χ1n) is 10.9. The number of benzene rings is 1. The fourth-order valence-electron chi connectivity index (χ4n) is 3.56. The first kappa shape index (κ1) is 24.7. The van der Waals surface area contributed by atoms with Crippen molar-refractivity contribution in [2.24, 2.45) is 0 Å². The molecule has 0 unspecified atom stereocenters. The number of pyridine rings is 1. The van der Waals surface area contributed by atoms with Crippen molar-refractivity contribution in [2.75, 3.05) is 39.1 Å². The second-order valence-electron chi connectivity index (χ2n) is 7.73. The molecule has 0 bridgehead atoms. The predicted molar refractivity (Wildman–Crippen MR) is 126 cm³/mol. The van der Waals surface area contributed by atoms with Crippen molar-refractivity contribution in [3.8, 4) is 0 Å². The lowest BCUT2D eigenvalue weighted by atomic mass is 10.2. The van der Waals surface area contributed by atoms with Crippen LogP contribution in [0.5, 0.6) is 0 Å². The molecule has 3 rings (SSSR count). The quantitative estimate of drug-likeness (QED) is 0.488. The summed E-state index contributed by atoms with van der Waals surface area (Å²) in [4.78, 5) is 19.1. The van der Waals surface area contributed by atoms with E-state index >= 15 is 0 Å². The number of aromatic nitrogens is 1. The van der Waals surface area contributed by atoms with Gasteiger partial charge in [0.25, 0.3) is 0 Å². The van der Waals surface area contributed by atoms with E-state index in [-0.39, 0.29) is 16.6 Å². The fourth-order valence-corrected chi connectivity index (χ4v) is 5.77. The molecule has 1 amide bonds. The van der Waals surface area contributed by atoms with E-state index in [1.54, 1.807) is 28.4 Å². The van der Waals surface area contributed by atoms with Crippen LogP contribution in [0.25, 0.3) is 0 Å². The van der Waals surface area contributed by atoms with Crippen LogP contribution in [0.3, 0.4) is 0 Å². The van der Waals surface area contributed by atoms with Crippen LogP contribution in [0.2, 0.25) is 0 Å². The molecule has 1 aliphatic heterocycles. The number of amides is 1. The molecule has 0 saturated carbocycles. The monoisotopic (exact) mass is 477 g/mol. The molecule has 1 aliphatic rings. The predicted octanol–water partition coefficient (Wildman–Crippen LogP) is 3.41. The van der Waals surface area contributed by atoms with Gasteiger partial charge in [-0.15, -0.1) is 0 Å². The summed E-state index contributed by atoms with van der Waals surface area (Å²) in [5.74, 6) is 0.209. The Morgan fingerprint density at radius 1 is 1.09 bits per heavy atom. The maximum absolute atomic E-state index is 12.9. The van der Waals surface area contributed by atoms with Gasteiger partial charge in [-0.2, -0.15) is 4.31 Å². The van der Waals surface area contributed by atoms with E-state index in [0.29, 0.717) is 37.8 Å². The van der Waals surface area contributed by atoms with Crippen molar-refractivity contribution < 1.29 is 17.9 Å². The van der Waals surface area contributed by atoms with Gasteiger partial charge in [-0.25, -0.2) is 13.4 Å². The van der Waals surface area contributed by atoms with Crippen LogP contribution in [0, 0.1) is 0 Å². The minimum atomic E-state index is -3.52. The molecule has 1 saturated heterocycles. The van der Waals surface area contributed by atoms with E-state index < -0.39 is 10.0 Å². The number of methoxy groups -OCH3 is 1. The Morgan fingerprint density at radius 2 is 1.81 bits per heavy atom. The largest absolute Gasteiger partial charge is 0.383 e. The van der Waals surface area contributed by atoms with Crippen molar-refractivity contribution in [1.82, 2.24) is 14.2 Å². The molecular weight excluding hydrogens is 446 g/mol. The van der Waals surface area contributed by atoms with Crippen LogP contribution in [0.4, 0.5) is 0 Å². The summed E-state index contributed by atoms with van der Waals surface area (Å²) in [6.45, 7) is 2.61. The molecule has 1 fully saturated rings. The van der Waals surface area contributed by atoms with Crippen LogP contribution in [-0.4, -0.2) is 67.6 Å². The van der Waals surface area contributed by atoms with Crippen molar-refractivity contribution in [1.29, 1.82) is 0 Å². The summed E-state index contributed by atoms with van der Waals surface area (Å²) in [6, 6.07) is 13.1. The number of hydrogen-bond acceptors (Lipinski definition) is 6. The van der Waals surface area contributed by atoms with Crippen LogP contribution >= 0.6 is 11.8 Å². The zero-order valence-corrected chi connectivity index (χ0v) is 20.1. The smallest absolute Gasteiger partial charge is 0.244 e. The topological polar surface area (TPSA) is 79.8 Å². The average Bonchev–Trinajstić information content (AvgIpc) is 3.11. The van der Waals surface area contributed by atoms with E-state index in [2.05, 4.69) is 4.98 Å². The molecule has 2 heterocycles. The van der Waals surface area contributed by atoms with E-state index in [1.165, 1.54) is 18.0 Å². The number of sulfonamides is 1. The Hall–Kier alpha value is -1.94. The van der Waals surface area contributed by atoms with Gasteiger partial charge in [0, 0.05) is 39.5 Å². The Balaban J connectivity index is 1.59. The Labute approximate surface area is 195 Å². The Bertz CT molecular complexity index is 945. The number of thioether (sulfide) groups is 1. The van der Waals surface area contributed by atoms with Gasteiger partial charge < -0.3 is 9.64 Å². The Kier molecular flexibility index (Phi) is 9.52. The van der Waals surface area contributed by atoms with Crippen molar-refractivity contribution >= 4 is 27.7 Å². The molecule has 1 aromatic heterocycles. The molecule has 0 aliphatic carbocycles. The summed E-state index contributed by atoms with van der Waals surface area (Å²) in [7, 11) is -1.90. The van der Waals surface area contributed by atoms with E-state index in [1.807, 2.05) is 30.3 Å². The van der Waals surface area contributed by atoms with Crippen molar-refractivity contribution in [3.63, 3.8) is 0 Å². The molecule has 9 heteroatoms. The minimum absolute atomic E-state index is 0.0148. The standard InChI is InChI=1S/C23H31N3O4S2/c1-30-16-15-25(18-20-9-5-4-6-10-20)23(27)19-31-22-12-11-21(17-24-22)32(28,29)26-13-7-2-3-8-14-26/h4-6,9-12,17H,2-3,7-8,13-16,18-19H2,1H3. The van der Waals surface area contributed by atoms with Gasteiger partial charge in [-0.05, 0) is 30.5 Å². The average molecular weight is 478 g/mol. The second kappa shape index (κ2) is 12.3. The molecule has 174 valence electrons. The van der Waals surface area contributed by atoms with Gasteiger partial charge in [0.2, 0.25) is 15.9 Å². The highest BCUT2D eigenvalue weighted by atomic mass is 32.2. The lowest BCUT2D eigenvalue weighted by molar-refractivity contribution is -0.129. The summed E-state index contributed by atoms with van der Waals surface area (Å²) < 4.78 is 32.5. The van der Waals surface area contributed by atoms with Crippen LogP contribution in [0.1, 0.15) is 31.2 Å². The molecule has 2 aromatic rings. The summed E-state index contributed by atoms with van der Waals surface area (Å²) in [5.41, 5.74) is 1.06. The maximum Gasteiger partial charge on any atom is 0.244 e. The van der Waals surface area contributed by atoms with E-state index in [0.717, 1.165) is 31.2 Å². The number of rotatable bonds is 10. The van der Waals surface area contributed by atoms with Gasteiger partial charge in [0.15, 0.2) is 0 Å². The second-order valence-corrected chi connectivity index (χ2v) is 10.7.